The Labute approximate surface area is 235 Å². The number of aromatic nitrogens is 3. The van der Waals surface area contributed by atoms with Gasteiger partial charge < -0.3 is 9.47 Å². The zero-order valence-electron chi connectivity index (χ0n) is 22.7. The van der Waals surface area contributed by atoms with Crippen LogP contribution in [0.25, 0.3) is 27.8 Å². The Morgan fingerprint density at radius 3 is 2.32 bits per heavy atom. The number of hydrazine groups is 1. The van der Waals surface area contributed by atoms with Gasteiger partial charge in [-0.05, 0) is 49.7 Å². The number of rotatable bonds is 8. The summed E-state index contributed by atoms with van der Waals surface area (Å²) in [7, 11) is 1.51. The number of carbonyl (C=O) groups is 2. The number of methoxy groups -OCH3 is 1. The molecule has 0 radical (unpaired) electrons. The van der Waals surface area contributed by atoms with Crippen molar-refractivity contribution in [3.63, 3.8) is 0 Å². The summed E-state index contributed by atoms with van der Waals surface area (Å²) >= 11 is 0. The molecule has 0 fully saturated rings. The second-order valence-corrected chi connectivity index (χ2v) is 8.96. The van der Waals surface area contributed by atoms with Crippen LogP contribution in [0, 0.1) is 6.92 Å². The van der Waals surface area contributed by atoms with Gasteiger partial charge in [-0.25, -0.2) is 19.1 Å². The molecule has 0 aliphatic rings. The number of hydrogen-bond acceptors (Lipinski definition) is 8. The Kier molecular flexibility index (Phi) is 7.73. The fourth-order valence-electron chi connectivity index (χ4n) is 4.57. The molecule has 0 spiro atoms. The Hall–Kier alpha value is -5.51. The lowest BCUT2D eigenvalue weighted by Gasteiger charge is -2.20. The summed E-state index contributed by atoms with van der Waals surface area (Å²) in [6, 6.07) is 24.8. The zero-order chi connectivity index (χ0) is 28.9. The quantitative estimate of drug-likeness (QED) is 0.211. The van der Waals surface area contributed by atoms with Gasteiger partial charge in [0.15, 0.2) is 11.5 Å². The lowest BCUT2D eigenvalue weighted by molar-refractivity contribution is 0.0526. The molecule has 5 aromatic rings. The first-order chi connectivity index (χ1) is 19.9. The summed E-state index contributed by atoms with van der Waals surface area (Å²) in [5.41, 5.74) is 7.64. The van der Waals surface area contributed by atoms with E-state index in [0.717, 1.165) is 0 Å². The van der Waals surface area contributed by atoms with E-state index in [2.05, 4.69) is 15.8 Å². The fourth-order valence-corrected chi connectivity index (χ4v) is 4.57. The number of carbonyl (C=O) groups excluding carboxylic acids is 2. The molecule has 0 bridgehead atoms. The molecule has 0 saturated carbocycles. The number of pyridine rings is 1. The normalized spacial score (nSPS) is 10.7. The summed E-state index contributed by atoms with van der Waals surface area (Å²) < 4.78 is 12.0. The molecule has 0 aliphatic heterocycles. The number of amides is 1. The predicted molar refractivity (Wildman–Crippen MR) is 155 cm³/mol. The van der Waals surface area contributed by atoms with Gasteiger partial charge in [0.2, 0.25) is 0 Å². The predicted octanol–water partition coefficient (Wildman–Crippen LogP) is 4.70. The van der Waals surface area contributed by atoms with Crippen LogP contribution >= 0.6 is 0 Å². The maximum Gasteiger partial charge on any atom is 0.355 e. The van der Waals surface area contributed by atoms with Crippen molar-refractivity contribution >= 4 is 28.7 Å². The van der Waals surface area contributed by atoms with Crippen molar-refractivity contribution in [1.29, 1.82) is 0 Å². The van der Waals surface area contributed by atoms with Crippen LogP contribution in [0.15, 0.2) is 89.7 Å². The fraction of sp³-hybridized carbons (Fsp3) is 0.129. The molecule has 0 saturated heterocycles. The molecular weight excluding hydrogens is 522 g/mol. The van der Waals surface area contributed by atoms with Crippen molar-refractivity contribution in [3.05, 3.63) is 112 Å². The van der Waals surface area contributed by atoms with Crippen LogP contribution < -0.4 is 21.3 Å². The first-order valence-electron chi connectivity index (χ1n) is 12.9. The molecule has 2 aromatic heterocycles. The number of nitrogens with zero attached hydrogens (tertiary/aromatic N) is 3. The number of nitrogens with one attached hydrogen (secondary N) is 2. The Morgan fingerprint density at radius 2 is 1.63 bits per heavy atom. The number of ether oxygens (including phenoxy) is 2. The molecule has 2 N–H and O–H groups in total. The van der Waals surface area contributed by atoms with Gasteiger partial charge in [-0.1, -0.05) is 54.6 Å². The SMILES string of the molecule is CCOC(=O)c1c(C)nc2c(c(NNC(=O)c3cccc(OC)c3)nc(=O)n2-c2ccccc2)c1-c1ccccc1. The third-order valence-corrected chi connectivity index (χ3v) is 6.39. The van der Waals surface area contributed by atoms with E-state index < -0.39 is 17.6 Å². The minimum absolute atomic E-state index is 0.0188. The van der Waals surface area contributed by atoms with E-state index in [-0.39, 0.29) is 23.6 Å². The monoisotopic (exact) mass is 549 g/mol. The average molecular weight is 550 g/mol. The molecule has 5 rings (SSSR count). The van der Waals surface area contributed by atoms with E-state index in [0.29, 0.717) is 39.2 Å². The van der Waals surface area contributed by atoms with Gasteiger partial charge in [0.25, 0.3) is 5.91 Å². The van der Waals surface area contributed by atoms with Gasteiger partial charge in [0.05, 0.1) is 36.0 Å². The van der Waals surface area contributed by atoms with E-state index >= 15 is 0 Å². The third kappa shape index (κ3) is 5.35. The molecule has 0 atom stereocenters. The van der Waals surface area contributed by atoms with E-state index in [1.54, 1.807) is 62.4 Å². The van der Waals surface area contributed by atoms with Crippen molar-refractivity contribution in [2.45, 2.75) is 13.8 Å². The van der Waals surface area contributed by atoms with E-state index in [1.807, 2.05) is 36.4 Å². The molecule has 0 unspecified atom stereocenters. The number of hydrogen-bond donors (Lipinski definition) is 2. The second kappa shape index (κ2) is 11.7. The number of aryl methyl sites for hydroxylation is 1. The van der Waals surface area contributed by atoms with Crippen LogP contribution in [0.2, 0.25) is 0 Å². The highest BCUT2D eigenvalue weighted by atomic mass is 16.5. The first kappa shape index (κ1) is 27.1. The minimum atomic E-state index is -0.628. The van der Waals surface area contributed by atoms with Gasteiger partial charge >= 0.3 is 11.7 Å². The maximum atomic E-state index is 13.5. The lowest BCUT2D eigenvalue weighted by Crippen LogP contribution is -2.33. The summed E-state index contributed by atoms with van der Waals surface area (Å²) in [6.45, 7) is 3.57. The van der Waals surface area contributed by atoms with Crippen molar-refractivity contribution < 1.29 is 19.1 Å². The number of anilines is 1. The molecule has 206 valence electrons. The number of para-hydroxylation sites is 1. The maximum absolute atomic E-state index is 13.5. The smallest absolute Gasteiger partial charge is 0.355 e. The molecule has 0 aliphatic carbocycles. The first-order valence-corrected chi connectivity index (χ1v) is 12.9. The lowest BCUT2D eigenvalue weighted by atomic mass is 9.95. The molecule has 10 nitrogen and oxygen atoms in total. The largest absolute Gasteiger partial charge is 0.497 e. The van der Waals surface area contributed by atoms with E-state index in [9.17, 15) is 14.4 Å². The molecule has 41 heavy (non-hydrogen) atoms. The highest BCUT2D eigenvalue weighted by Gasteiger charge is 2.26. The van der Waals surface area contributed by atoms with Crippen LogP contribution in [0.1, 0.15) is 33.3 Å². The summed E-state index contributed by atoms with van der Waals surface area (Å²) in [4.78, 5) is 48.8. The topological polar surface area (TPSA) is 124 Å². The Morgan fingerprint density at radius 1 is 0.927 bits per heavy atom. The van der Waals surface area contributed by atoms with Crippen molar-refractivity contribution in [2.75, 3.05) is 19.1 Å². The van der Waals surface area contributed by atoms with Crippen LogP contribution in [-0.4, -0.2) is 40.1 Å². The number of fused-ring (bicyclic) bond motifs is 1. The number of esters is 1. The third-order valence-electron chi connectivity index (χ3n) is 6.39. The van der Waals surface area contributed by atoms with Gasteiger partial charge in [-0.15, -0.1) is 0 Å². The molecule has 3 aromatic carbocycles. The van der Waals surface area contributed by atoms with Gasteiger partial charge in [-0.3, -0.25) is 15.6 Å². The summed E-state index contributed by atoms with van der Waals surface area (Å²) in [5.74, 6) is -0.526. The summed E-state index contributed by atoms with van der Waals surface area (Å²) in [5, 5.41) is 0.347. The Bertz CT molecular complexity index is 1800. The van der Waals surface area contributed by atoms with Crippen molar-refractivity contribution in [3.8, 4) is 22.6 Å². The highest BCUT2D eigenvalue weighted by Crippen LogP contribution is 2.36. The summed E-state index contributed by atoms with van der Waals surface area (Å²) in [6.07, 6.45) is 0. The number of benzene rings is 3. The zero-order valence-corrected chi connectivity index (χ0v) is 22.7. The standard InChI is InChI=1S/C31H27N5O5/c1-4-41-30(38)24-19(2)32-28-26(25(24)20-12-7-5-8-13-20)27(33-31(39)36(28)22-15-9-6-10-16-22)34-35-29(37)21-14-11-17-23(18-21)40-3/h5-18H,4H2,1-3H3,(H,35,37)(H,33,34,39). The minimum Gasteiger partial charge on any atom is -0.497 e. The van der Waals surface area contributed by atoms with Gasteiger partial charge in [-0.2, -0.15) is 4.98 Å². The van der Waals surface area contributed by atoms with Crippen molar-refractivity contribution in [2.24, 2.45) is 0 Å². The van der Waals surface area contributed by atoms with Crippen molar-refractivity contribution in [1.82, 2.24) is 20.0 Å². The molecule has 2 heterocycles. The van der Waals surface area contributed by atoms with Crippen LogP contribution in [0.5, 0.6) is 5.75 Å². The molecule has 1 amide bonds. The highest BCUT2D eigenvalue weighted by molar-refractivity contribution is 6.11. The van der Waals surface area contributed by atoms with Crippen LogP contribution in [0.3, 0.4) is 0 Å². The second-order valence-electron chi connectivity index (χ2n) is 8.96. The van der Waals surface area contributed by atoms with Gasteiger partial charge in [0.1, 0.15) is 5.75 Å². The van der Waals surface area contributed by atoms with E-state index in [4.69, 9.17) is 14.5 Å². The average Bonchev–Trinajstić information content (AvgIpc) is 3.00. The van der Waals surface area contributed by atoms with Crippen LogP contribution in [-0.2, 0) is 4.74 Å². The molecule has 10 heteroatoms. The van der Waals surface area contributed by atoms with E-state index in [1.165, 1.54) is 11.7 Å². The van der Waals surface area contributed by atoms with Crippen LogP contribution in [0.4, 0.5) is 5.82 Å². The van der Waals surface area contributed by atoms with Gasteiger partial charge in [0, 0.05) is 11.1 Å². The Balaban J connectivity index is 1.78. The molecular formula is C31H27N5O5.